The van der Waals surface area contributed by atoms with Crippen LogP contribution in [0.15, 0.2) is 36.4 Å². The first-order chi connectivity index (χ1) is 9.69. The van der Waals surface area contributed by atoms with Crippen molar-refractivity contribution < 1.29 is 0 Å². The van der Waals surface area contributed by atoms with Crippen LogP contribution < -0.4 is 5.32 Å². The Hall–Kier alpha value is -1.31. The molecule has 0 spiro atoms. The van der Waals surface area contributed by atoms with Crippen molar-refractivity contribution in [1.29, 1.82) is 0 Å². The predicted molar refractivity (Wildman–Crippen MR) is 88.4 cm³/mol. The molecule has 2 heteroatoms. The van der Waals surface area contributed by atoms with E-state index < -0.39 is 0 Å². The lowest BCUT2D eigenvalue weighted by molar-refractivity contribution is 0.819. The van der Waals surface area contributed by atoms with Crippen molar-refractivity contribution >= 4 is 11.6 Å². The average Bonchev–Trinajstić information content (AvgIpc) is 2.47. The molecule has 2 rings (SSSR count). The molecule has 0 fully saturated rings. The van der Waals surface area contributed by atoms with Crippen LogP contribution in [-0.4, -0.2) is 7.05 Å². The number of hydrogen-bond donors (Lipinski definition) is 1. The fraction of sp³-hybridized carbons (Fsp3) is 0.333. The molecule has 0 aromatic heterocycles. The number of nitrogens with one attached hydrogen (secondary N) is 1. The molecular weight excluding hydrogens is 266 g/mol. The Labute approximate surface area is 127 Å². The van der Waals surface area contributed by atoms with Gasteiger partial charge in [0.1, 0.15) is 0 Å². The molecule has 0 saturated carbocycles. The zero-order chi connectivity index (χ0) is 14.5. The standard InChI is InChI=1S/C18H22ClN/c1-4-13-6-7-14(5-2)18(10-13)17-9-8-16(19)11-15(17)12-20-3/h6-11,20H,4-5,12H2,1-3H3. The molecular formula is C18H22ClN. The van der Waals surface area contributed by atoms with Gasteiger partial charge in [-0.1, -0.05) is 49.7 Å². The summed E-state index contributed by atoms with van der Waals surface area (Å²) in [6.45, 7) is 5.23. The summed E-state index contributed by atoms with van der Waals surface area (Å²) in [7, 11) is 1.97. The minimum absolute atomic E-state index is 0.795. The molecule has 0 heterocycles. The van der Waals surface area contributed by atoms with Crippen LogP contribution in [0.1, 0.15) is 30.5 Å². The molecule has 2 aromatic carbocycles. The highest BCUT2D eigenvalue weighted by molar-refractivity contribution is 6.30. The number of aryl methyl sites for hydroxylation is 2. The minimum atomic E-state index is 0.795. The largest absolute Gasteiger partial charge is 0.316 e. The van der Waals surface area contributed by atoms with E-state index in [1.54, 1.807) is 0 Å². The van der Waals surface area contributed by atoms with E-state index in [0.717, 1.165) is 24.4 Å². The fourth-order valence-corrected chi connectivity index (χ4v) is 2.76. The van der Waals surface area contributed by atoms with E-state index in [0.29, 0.717) is 0 Å². The van der Waals surface area contributed by atoms with Crippen LogP contribution in [-0.2, 0) is 19.4 Å². The van der Waals surface area contributed by atoms with Crippen LogP contribution in [0.5, 0.6) is 0 Å². The summed E-state index contributed by atoms with van der Waals surface area (Å²) in [5.41, 5.74) is 6.65. The van der Waals surface area contributed by atoms with E-state index in [1.807, 2.05) is 13.1 Å². The Bertz CT molecular complexity index is 590. The SMILES string of the molecule is CCc1ccc(CC)c(-c2ccc(Cl)cc2CNC)c1. The molecule has 0 aliphatic heterocycles. The third kappa shape index (κ3) is 3.23. The quantitative estimate of drug-likeness (QED) is 0.829. The Balaban J connectivity index is 2.60. The highest BCUT2D eigenvalue weighted by Crippen LogP contribution is 2.30. The van der Waals surface area contributed by atoms with Gasteiger partial charge in [-0.25, -0.2) is 0 Å². The molecule has 106 valence electrons. The Morgan fingerprint density at radius 2 is 1.70 bits per heavy atom. The van der Waals surface area contributed by atoms with Crippen LogP contribution in [0.4, 0.5) is 0 Å². The molecule has 2 aromatic rings. The second-order valence-electron chi connectivity index (χ2n) is 5.03. The summed E-state index contributed by atoms with van der Waals surface area (Å²) in [5, 5.41) is 4.02. The topological polar surface area (TPSA) is 12.0 Å². The van der Waals surface area contributed by atoms with Gasteiger partial charge >= 0.3 is 0 Å². The van der Waals surface area contributed by atoms with Gasteiger partial charge in [0.2, 0.25) is 0 Å². The summed E-state index contributed by atoms with van der Waals surface area (Å²) >= 11 is 6.14. The summed E-state index contributed by atoms with van der Waals surface area (Å²) in [4.78, 5) is 0. The van der Waals surface area contributed by atoms with Gasteiger partial charge in [-0.15, -0.1) is 0 Å². The van der Waals surface area contributed by atoms with Gasteiger partial charge in [0.15, 0.2) is 0 Å². The Kier molecular flexibility index (Phi) is 5.22. The van der Waals surface area contributed by atoms with Crippen molar-refractivity contribution in [2.24, 2.45) is 0 Å². The second kappa shape index (κ2) is 6.92. The van der Waals surface area contributed by atoms with Crippen molar-refractivity contribution in [2.45, 2.75) is 33.2 Å². The maximum Gasteiger partial charge on any atom is 0.0409 e. The predicted octanol–water partition coefficient (Wildman–Crippen LogP) is 4.85. The lowest BCUT2D eigenvalue weighted by Gasteiger charge is -2.15. The first kappa shape index (κ1) is 15.1. The van der Waals surface area contributed by atoms with E-state index in [9.17, 15) is 0 Å². The summed E-state index contributed by atoms with van der Waals surface area (Å²) < 4.78 is 0. The summed E-state index contributed by atoms with van der Waals surface area (Å²) in [6, 6.07) is 13.0. The first-order valence-corrected chi connectivity index (χ1v) is 7.62. The smallest absolute Gasteiger partial charge is 0.0409 e. The third-order valence-electron chi connectivity index (χ3n) is 3.69. The van der Waals surface area contributed by atoms with Gasteiger partial charge < -0.3 is 5.32 Å². The monoisotopic (exact) mass is 287 g/mol. The van der Waals surface area contributed by atoms with E-state index in [1.165, 1.54) is 27.8 Å². The number of benzene rings is 2. The van der Waals surface area contributed by atoms with Crippen molar-refractivity contribution in [1.82, 2.24) is 5.32 Å². The highest BCUT2D eigenvalue weighted by atomic mass is 35.5. The lowest BCUT2D eigenvalue weighted by atomic mass is 9.92. The Morgan fingerprint density at radius 3 is 2.35 bits per heavy atom. The van der Waals surface area contributed by atoms with Crippen molar-refractivity contribution in [3.63, 3.8) is 0 Å². The van der Waals surface area contributed by atoms with Crippen LogP contribution in [0.25, 0.3) is 11.1 Å². The minimum Gasteiger partial charge on any atom is -0.316 e. The van der Waals surface area contributed by atoms with Crippen molar-refractivity contribution in [3.05, 3.63) is 58.1 Å². The summed E-state index contributed by atoms with van der Waals surface area (Å²) in [5.74, 6) is 0. The lowest BCUT2D eigenvalue weighted by Crippen LogP contribution is -2.07. The van der Waals surface area contributed by atoms with E-state index in [4.69, 9.17) is 11.6 Å². The molecule has 0 saturated heterocycles. The van der Waals surface area contributed by atoms with E-state index in [-0.39, 0.29) is 0 Å². The van der Waals surface area contributed by atoms with E-state index >= 15 is 0 Å². The molecule has 0 bridgehead atoms. The Morgan fingerprint density at radius 1 is 0.900 bits per heavy atom. The third-order valence-corrected chi connectivity index (χ3v) is 3.92. The number of hydrogen-bond acceptors (Lipinski definition) is 1. The molecule has 0 atom stereocenters. The average molecular weight is 288 g/mol. The number of halogens is 1. The van der Waals surface area contributed by atoms with Crippen LogP contribution >= 0.6 is 11.6 Å². The molecule has 0 aliphatic rings. The molecule has 0 radical (unpaired) electrons. The van der Waals surface area contributed by atoms with Gasteiger partial charge in [0.25, 0.3) is 0 Å². The van der Waals surface area contributed by atoms with Crippen LogP contribution in [0, 0.1) is 0 Å². The molecule has 20 heavy (non-hydrogen) atoms. The van der Waals surface area contributed by atoms with E-state index in [2.05, 4.69) is 49.5 Å². The fourth-order valence-electron chi connectivity index (χ4n) is 2.56. The van der Waals surface area contributed by atoms with Gasteiger partial charge in [-0.05, 0) is 59.8 Å². The van der Waals surface area contributed by atoms with Gasteiger partial charge in [0, 0.05) is 11.6 Å². The summed E-state index contributed by atoms with van der Waals surface area (Å²) in [6.07, 6.45) is 2.10. The van der Waals surface area contributed by atoms with Crippen molar-refractivity contribution in [2.75, 3.05) is 7.05 Å². The molecule has 0 amide bonds. The maximum absolute atomic E-state index is 6.14. The molecule has 0 unspecified atom stereocenters. The van der Waals surface area contributed by atoms with Gasteiger partial charge in [-0.3, -0.25) is 0 Å². The molecule has 0 aliphatic carbocycles. The zero-order valence-corrected chi connectivity index (χ0v) is 13.2. The zero-order valence-electron chi connectivity index (χ0n) is 12.5. The second-order valence-corrected chi connectivity index (χ2v) is 5.47. The van der Waals surface area contributed by atoms with Gasteiger partial charge in [0.05, 0.1) is 0 Å². The first-order valence-electron chi connectivity index (χ1n) is 7.24. The number of rotatable bonds is 5. The molecule has 1 nitrogen and oxygen atoms in total. The maximum atomic E-state index is 6.14. The highest BCUT2D eigenvalue weighted by Gasteiger charge is 2.10. The normalized spacial score (nSPS) is 10.8. The van der Waals surface area contributed by atoms with Crippen molar-refractivity contribution in [3.8, 4) is 11.1 Å². The van der Waals surface area contributed by atoms with Gasteiger partial charge in [-0.2, -0.15) is 0 Å². The molecule has 1 N–H and O–H groups in total. The van der Waals surface area contributed by atoms with Crippen LogP contribution in [0.2, 0.25) is 5.02 Å². The van der Waals surface area contributed by atoms with Crippen LogP contribution in [0.3, 0.4) is 0 Å².